The second kappa shape index (κ2) is 7.41. The number of ether oxygens (including phenoxy) is 1. The molecular formula is C13H22ClNO2. The van der Waals surface area contributed by atoms with Gasteiger partial charge in [0.05, 0.1) is 7.11 Å². The van der Waals surface area contributed by atoms with Crippen molar-refractivity contribution in [2.75, 3.05) is 7.11 Å². The average Bonchev–Trinajstić information content (AvgIpc) is 2.25. The molecule has 0 saturated heterocycles. The van der Waals surface area contributed by atoms with Crippen LogP contribution in [0.2, 0.25) is 0 Å². The van der Waals surface area contributed by atoms with Crippen molar-refractivity contribution in [3.05, 3.63) is 23.8 Å². The van der Waals surface area contributed by atoms with Crippen LogP contribution in [0.4, 0.5) is 0 Å². The van der Waals surface area contributed by atoms with E-state index in [2.05, 4.69) is 13.8 Å². The lowest BCUT2D eigenvalue weighted by Crippen LogP contribution is -2.11. The predicted molar refractivity (Wildman–Crippen MR) is 72.9 cm³/mol. The predicted octanol–water partition coefficient (Wildman–Crippen LogP) is 3.26. The molecule has 0 aliphatic carbocycles. The van der Waals surface area contributed by atoms with Crippen molar-refractivity contribution in [3.8, 4) is 11.5 Å². The van der Waals surface area contributed by atoms with Gasteiger partial charge < -0.3 is 15.6 Å². The minimum Gasteiger partial charge on any atom is -0.504 e. The van der Waals surface area contributed by atoms with Crippen LogP contribution >= 0.6 is 12.4 Å². The van der Waals surface area contributed by atoms with E-state index in [9.17, 15) is 5.11 Å². The van der Waals surface area contributed by atoms with E-state index in [4.69, 9.17) is 10.5 Å². The number of aromatic hydroxyl groups is 1. The fraction of sp³-hybridized carbons (Fsp3) is 0.538. The molecule has 3 N–H and O–H groups in total. The number of hydrogen-bond donors (Lipinski definition) is 2. The lowest BCUT2D eigenvalue weighted by Gasteiger charge is -2.14. The molecule has 1 aromatic carbocycles. The molecule has 0 unspecified atom stereocenters. The quantitative estimate of drug-likeness (QED) is 0.853. The van der Waals surface area contributed by atoms with Crippen LogP contribution in [-0.2, 0) is 0 Å². The summed E-state index contributed by atoms with van der Waals surface area (Å²) in [7, 11) is 1.54. The van der Waals surface area contributed by atoms with Gasteiger partial charge in [-0.05, 0) is 36.5 Å². The van der Waals surface area contributed by atoms with Crippen molar-refractivity contribution in [2.24, 2.45) is 11.7 Å². The van der Waals surface area contributed by atoms with Gasteiger partial charge in [-0.15, -0.1) is 12.4 Å². The Bertz CT molecular complexity index is 342. The molecule has 0 radical (unpaired) electrons. The van der Waals surface area contributed by atoms with Gasteiger partial charge in [-0.1, -0.05) is 19.9 Å². The van der Waals surface area contributed by atoms with Crippen molar-refractivity contribution >= 4 is 12.4 Å². The number of methoxy groups -OCH3 is 1. The summed E-state index contributed by atoms with van der Waals surface area (Å²) in [4.78, 5) is 0. The van der Waals surface area contributed by atoms with Crippen molar-refractivity contribution < 1.29 is 9.84 Å². The zero-order valence-electron chi connectivity index (χ0n) is 10.6. The maximum atomic E-state index is 9.64. The SMILES string of the molecule is COc1ccc([C@H](N)CCC(C)C)cc1O.Cl. The summed E-state index contributed by atoms with van der Waals surface area (Å²) in [5, 5.41) is 9.64. The van der Waals surface area contributed by atoms with Crippen molar-refractivity contribution in [2.45, 2.75) is 32.7 Å². The fourth-order valence-electron chi connectivity index (χ4n) is 1.62. The Morgan fingerprint density at radius 2 is 1.94 bits per heavy atom. The zero-order valence-corrected chi connectivity index (χ0v) is 11.5. The highest BCUT2D eigenvalue weighted by Gasteiger charge is 2.10. The van der Waals surface area contributed by atoms with Crippen molar-refractivity contribution in [1.29, 1.82) is 0 Å². The molecular weight excluding hydrogens is 238 g/mol. The number of halogens is 1. The van der Waals surface area contributed by atoms with Gasteiger partial charge in [-0.25, -0.2) is 0 Å². The summed E-state index contributed by atoms with van der Waals surface area (Å²) in [6.07, 6.45) is 2.03. The molecule has 0 amide bonds. The Morgan fingerprint density at radius 1 is 1.29 bits per heavy atom. The van der Waals surface area contributed by atoms with Gasteiger partial charge in [0.25, 0.3) is 0 Å². The summed E-state index contributed by atoms with van der Waals surface area (Å²) in [5.41, 5.74) is 7.01. The first kappa shape index (κ1) is 16.1. The molecule has 1 aromatic rings. The summed E-state index contributed by atoms with van der Waals surface area (Å²) in [6, 6.07) is 5.33. The molecule has 0 spiro atoms. The minimum absolute atomic E-state index is 0. The normalized spacial score (nSPS) is 12.1. The van der Waals surface area contributed by atoms with E-state index in [-0.39, 0.29) is 24.2 Å². The first-order valence-electron chi connectivity index (χ1n) is 5.67. The molecule has 1 atom stereocenters. The Morgan fingerprint density at radius 3 is 2.41 bits per heavy atom. The second-order valence-electron chi connectivity index (χ2n) is 4.51. The topological polar surface area (TPSA) is 55.5 Å². The second-order valence-corrected chi connectivity index (χ2v) is 4.51. The van der Waals surface area contributed by atoms with Crippen LogP contribution in [0, 0.1) is 5.92 Å². The Hall–Kier alpha value is -0.930. The van der Waals surface area contributed by atoms with Gasteiger partial charge in [0.15, 0.2) is 11.5 Å². The molecule has 98 valence electrons. The highest BCUT2D eigenvalue weighted by molar-refractivity contribution is 5.85. The van der Waals surface area contributed by atoms with Gasteiger partial charge in [0.1, 0.15) is 0 Å². The number of phenols is 1. The number of nitrogens with two attached hydrogens (primary N) is 1. The molecule has 0 bridgehead atoms. The average molecular weight is 260 g/mol. The molecule has 17 heavy (non-hydrogen) atoms. The molecule has 0 heterocycles. The van der Waals surface area contributed by atoms with Crippen LogP contribution < -0.4 is 10.5 Å². The van der Waals surface area contributed by atoms with E-state index < -0.39 is 0 Å². The van der Waals surface area contributed by atoms with E-state index >= 15 is 0 Å². The third-order valence-corrected chi connectivity index (χ3v) is 2.69. The third-order valence-electron chi connectivity index (χ3n) is 2.69. The van der Waals surface area contributed by atoms with E-state index in [1.165, 1.54) is 7.11 Å². The van der Waals surface area contributed by atoms with Crippen LogP contribution in [-0.4, -0.2) is 12.2 Å². The van der Waals surface area contributed by atoms with Gasteiger partial charge in [0.2, 0.25) is 0 Å². The third kappa shape index (κ3) is 4.84. The van der Waals surface area contributed by atoms with Gasteiger partial charge in [0, 0.05) is 6.04 Å². The lowest BCUT2D eigenvalue weighted by molar-refractivity contribution is 0.372. The first-order chi connectivity index (χ1) is 7.54. The molecule has 0 saturated carbocycles. The maximum absolute atomic E-state index is 9.64. The molecule has 4 heteroatoms. The number of phenolic OH excluding ortho intramolecular Hbond substituents is 1. The Kier molecular flexibility index (Phi) is 7.00. The minimum atomic E-state index is -0.0146. The summed E-state index contributed by atoms with van der Waals surface area (Å²) >= 11 is 0. The highest BCUT2D eigenvalue weighted by atomic mass is 35.5. The number of rotatable bonds is 5. The fourth-order valence-corrected chi connectivity index (χ4v) is 1.62. The standard InChI is InChI=1S/C13H21NO2.ClH/c1-9(2)4-6-11(14)10-5-7-13(16-3)12(15)8-10;/h5,7-9,11,15H,4,6,14H2,1-3H3;1H/t11-;/m1./s1. The molecule has 0 aliphatic heterocycles. The van der Waals surface area contributed by atoms with Gasteiger partial charge in [-0.2, -0.15) is 0 Å². The van der Waals surface area contributed by atoms with Gasteiger partial charge >= 0.3 is 0 Å². The lowest BCUT2D eigenvalue weighted by atomic mass is 9.98. The van der Waals surface area contributed by atoms with Gasteiger partial charge in [-0.3, -0.25) is 0 Å². The first-order valence-corrected chi connectivity index (χ1v) is 5.67. The smallest absolute Gasteiger partial charge is 0.160 e. The van der Waals surface area contributed by atoms with Crippen LogP contribution in [0.1, 0.15) is 38.3 Å². The zero-order chi connectivity index (χ0) is 12.1. The molecule has 1 rings (SSSR count). The van der Waals surface area contributed by atoms with Crippen LogP contribution in [0.5, 0.6) is 11.5 Å². The van der Waals surface area contributed by atoms with E-state index in [0.717, 1.165) is 18.4 Å². The van der Waals surface area contributed by atoms with Crippen LogP contribution in [0.25, 0.3) is 0 Å². The Labute approximate surface area is 109 Å². The number of hydrogen-bond acceptors (Lipinski definition) is 3. The van der Waals surface area contributed by atoms with Crippen LogP contribution in [0.3, 0.4) is 0 Å². The van der Waals surface area contributed by atoms with E-state index in [0.29, 0.717) is 11.7 Å². The van der Waals surface area contributed by atoms with E-state index in [1.807, 2.05) is 6.07 Å². The largest absolute Gasteiger partial charge is 0.504 e. The van der Waals surface area contributed by atoms with E-state index in [1.54, 1.807) is 12.1 Å². The molecule has 0 aromatic heterocycles. The number of benzene rings is 1. The Balaban J connectivity index is 0.00000256. The summed E-state index contributed by atoms with van der Waals surface area (Å²) < 4.78 is 4.99. The molecule has 3 nitrogen and oxygen atoms in total. The van der Waals surface area contributed by atoms with Crippen molar-refractivity contribution in [1.82, 2.24) is 0 Å². The highest BCUT2D eigenvalue weighted by Crippen LogP contribution is 2.29. The summed E-state index contributed by atoms with van der Waals surface area (Å²) in [5.74, 6) is 1.29. The maximum Gasteiger partial charge on any atom is 0.160 e. The monoisotopic (exact) mass is 259 g/mol. The summed E-state index contributed by atoms with van der Waals surface area (Å²) in [6.45, 7) is 4.36. The van der Waals surface area contributed by atoms with Crippen molar-refractivity contribution in [3.63, 3.8) is 0 Å². The van der Waals surface area contributed by atoms with Crippen LogP contribution in [0.15, 0.2) is 18.2 Å². The molecule has 0 aliphatic rings. The molecule has 0 fully saturated rings.